The molecule has 1 aromatic carbocycles. The molecule has 122 valence electrons. The summed E-state index contributed by atoms with van der Waals surface area (Å²) in [5, 5.41) is 0. The highest BCUT2D eigenvalue weighted by molar-refractivity contribution is 5.75. The van der Waals surface area contributed by atoms with Crippen molar-refractivity contribution in [3.8, 4) is 5.75 Å². The lowest BCUT2D eigenvalue weighted by Gasteiger charge is -2.17. The second kappa shape index (κ2) is 6.18. The number of alkyl halides is 3. The van der Waals surface area contributed by atoms with Gasteiger partial charge in [0.25, 0.3) is 0 Å². The molecule has 22 heavy (non-hydrogen) atoms. The number of carbonyl (C=O) groups excluding carboxylic acids is 1. The normalized spacial score (nSPS) is 22.1. The summed E-state index contributed by atoms with van der Waals surface area (Å²) in [5.74, 6) is 0.188. The molecule has 0 aliphatic heterocycles. The van der Waals surface area contributed by atoms with Crippen LogP contribution in [0.5, 0.6) is 5.75 Å². The Labute approximate surface area is 127 Å². The number of hydrogen-bond donors (Lipinski definition) is 0. The first kappa shape index (κ1) is 16.6. The zero-order valence-electron chi connectivity index (χ0n) is 12.7. The predicted octanol–water partition coefficient (Wildman–Crippen LogP) is 4.02. The van der Waals surface area contributed by atoms with Crippen molar-refractivity contribution in [2.45, 2.75) is 31.9 Å². The first-order chi connectivity index (χ1) is 10.3. The summed E-state index contributed by atoms with van der Waals surface area (Å²) in [7, 11) is 2.72. The highest BCUT2D eigenvalue weighted by Crippen LogP contribution is 2.47. The fourth-order valence-electron chi connectivity index (χ4n) is 2.82. The first-order valence-corrected chi connectivity index (χ1v) is 7.10. The zero-order chi connectivity index (χ0) is 16.5. The summed E-state index contributed by atoms with van der Waals surface area (Å²) in [4.78, 5) is 11.4. The summed E-state index contributed by atoms with van der Waals surface area (Å²) >= 11 is 0. The van der Waals surface area contributed by atoms with Crippen LogP contribution in [0.1, 0.15) is 36.8 Å². The second-order valence-corrected chi connectivity index (χ2v) is 5.72. The van der Waals surface area contributed by atoms with E-state index in [1.165, 1.54) is 20.3 Å². The molecule has 1 aliphatic rings. The van der Waals surface area contributed by atoms with E-state index in [0.717, 1.165) is 30.5 Å². The Morgan fingerprint density at radius 2 is 2.05 bits per heavy atom. The lowest BCUT2D eigenvalue weighted by molar-refractivity contribution is -0.142. The molecule has 0 heterocycles. The van der Waals surface area contributed by atoms with Crippen LogP contribution in [0.15, 0.2) is 18.2 Å². The Bertz CT molecular complexity index is 554. The second-order valence-electron chi connectivity index (χ2n) is 5.72. The van der Waals surface area contributed by atoms with Gasteiger partial charge in [-0.15, -0.1) is 0 Å². The van der Waals surface area contributed by atoms with Gasteiger partial charge in [0.05, 0.1) is 25.7 Å². The highest BCUT2D eigenvalue weighted by Gasteiger charge is 2.44. The predicted molar refractivity (Wildman–Crippen MR) is 74.6 cm³/mol. The zero-order valence-corrected chi connectivity index (χ0v) is 12.7. The highest BCUT2D eigenvalue weighted by atomic mass is 19.4. The van der Waals surface area contributed by atoms with E-state index in [0.29, 0.717) is 0 Å². The van der Waals surface area contributed by atoms with Crippen molar-refractivity contribution in [3.63, 3.8) is 0 Å². The number of esters is 1. The number of hydrogen-bond acceptors (Lipinski definition) is 3. The molecule has 0 saturated heterocycles. The summed E-state index contributed by atoms with van der Waals surface area (Å²) < 4.78 is 48.0. The van der Waals surface area contributed by atoms with Crippen LogP contribution in [0.25, 0.3) is 0 Å². The average molecular weight is 316 g/mol. The summed E-state index contributed by atoms with van der Waals surface area (Å²) in [6, 6.07) is 3.55. The SMILES string of the molecule is COC(=O)C1CC1CC(C)c1ccc(C(F)(F)F)cc1OC. The molecule has 1 aliphatic carbocycles. The van der Waals surface area contributed by atoms with Gasteiger partial charge in [-0.1, -0.05) is 13.0 Å². The summed E-state index contributed by atoms with van der Waals surface area (Å²) in [6.07, 6.45) is -2.89. The number of halogens is 3. The molecule has 1 aromatic rings. The van der Waals surface area contributed by atoms with Crippen LogP contribution in [-0.2, 0) is 15.7 Å². The molecule has 2 rings (SSSR count). The number of carbonyl (C=O) groups is 1. The molecule has 0 spiro atoms. The molecule has 1 fully saturated rings. The number of benzene rings is 1. The first-order valence-electron chi connectivity index (χ1n) is 7.10. The van der Waals surface area contributed by atoms with Crippen LogP contribution < -0.4 is 4.74 Å². The Kier molecular flexibility index (Phi) is 4.68. The van der Waals surface area contributed by atoms with E-state index < -0.39 is 11.7 Å². The Balaban J connectivity index is 2.10. The molecule has 0 N–H and O–H groups in total. The molecule has 0 bridgehead atoms. The van der Waals surface area contributed by atoms with Gasteiger partial charge in [-0.05, 0) is 42.4 Å². The van der Waals surface area contributed by atoms with Gasteiger partial charge < -0.3 is 9.47 Å². The molecule has 0 amide bonds. The van der Waals surface area contributed by atoms with Gasteiger partial charge in [0, 0.05) is 0 Å². The summed E-state index contributed by atoms with van der Waals surface area (Å²) in [5.41, 5.74) is 0.00479. The Morgan fingerprint density at radius 1 is 1.36 bits per heavy atom. The van der Waals surface area contributed by atoms with Crippen molar-refractivity contribution < 1.29 is 27.4 Å². The van der Waals surface area contributed by atoms with Gasteiger partial charge >= 0.3 is 12.1 Å². The number of methoxy groups -OCH3 is 2. The minimum Gasteiger partial charge on any atom is -0.496 e. The van der Waals surface area contributed by atoms with Crippen molar-refractivity contribution in [1.29, 1.82) is 0 Å². The minimum atomic E-state index is -4.39. The van der Waals surface area contributed by atoms with E-state index >= 15 is 0 Å². The van der Waals surface area contributed by atoms with Gasteiger partial charge in [-0.25, -0.2) is 0 Å². The van der Waals surface area contributed by atoms with Crippen molar-refractivity contribution in [3.05, 3.63) is 29.3 Å². The van der Waals surface area contributed by atoms with Crippen LogP contribution in [0.3, 0.4) is 0 Å². The molecule has 3 unspecified atom stereocenters. The third-order valence-corrected chi connectivity index (χ3v) is 4.17. The van der Waals surface area contributed by atoms with E-state index in [1.54, 1.807) is 0 Å². The van der Waals surface area contributed by atoms with Crippen LogP contribution in [0, 0.1) is 11.8 Å². The fourth-order valence-corrected chi connectivity index (χ4v) is 2.82. The molecule has 0 aromatic heterocycles. The van der Waals surface area contributed by atoms with Crippen molar-refractivity contribution in [2.75, 3.05) is 14.2 Å². The van der Waals surface area contributed by atoms with Gasteiger partial charge in [0.1, 0.15) is 5.75 Å². The van der Waals surface area contributed by atoms with E-state index in [4.69, 9.17) is 9.47 Å². The van der Waals surface area contributed by atoms with E-state index in [2.05, 4.69) is 0 Å². The van der Waals surface area contributed by atoms with Gasteiger partial charge in [0.15, 0.2) is 0 Å². The standard InChI is InChI=1S/C16H19F3O3/c1-9(6-10-7-13(10)15(20)22-3)12-5-4-11(16(17,18)19)8-14(12)21-2/h4-5,8-10,13H,6-7H2,1-3H3. The van der Waals surface area contributed by atoms with E-state index in [1.807, 2.05) is 6.92 Å². The lowest BCUT2D eigenvalue weighted by Crippen LogP contribution is -2.08. The van der Waals surface area contributed by atoms with Crippen LogP contribution >= 0.6 is 0 Å². The smallest absolute Gasteiger partial charge is 0.416 e. The molecular weight excluding hydrogens is 297 g/mol. The van der Waals surface area contributed by atoms with E-state index in [9.17, 15) is 18.0 Å². The lowest BCUT2D eigenvalue weighted by atomic mass is 9.93. The number of rotatable bonds is 5. The molecule has 3 atom stereocenters. The largest absolute Gasteiger partial charge is 0.496 e. The molecular formula is C16H19F3O3. The molecule has 0 radical (unpaired) electrons. The van der Waals surface area contributed by atoms with E-state index in [-0.39, 0.29) is 29.5 Å². The minimum absolute atomic E-state index is 0.0110. The van der Waals surface area contributed by atoms with Gasteiger partial charge in [-0.2, -0.15) is 13.2 Å². The van der Waals surface area contributed by atoms with Crippen molar-refractivity contribution in [1.82, 2.24) is 0 Å². The average Bonchev–Trinajstić information content (AvgIpc) is 3.23. The molecule has 1 saturated carbocycles. The number of ether oxygens (including phenoxy) is 2. The van der Waals surface area contributed by atoms with Gasteiger partial charge in [0.2, 0.25) is 0 Å². The van der Waals surface area contributed by atoms with Crippen molar-refractivity contribution >= 4 is 5.97 Å². The maximum absolute atomic E-state index is 12.7. The molecule has 3 nitrogen and oxygen atoms in total. The third kappa shape index (κ3) is 3.54. The van der Waals surface area contributed by atoms with Crippen LogP contribution in [-0.4, -0.2) is 20.2 Å². The van der Waals surface area contributed by atoms with Crippen LogP contribution in [0.2, 0.25) is 0 Å². The maximum atomic E-state index is 12.7. The molecule has 6 heteroatoms. The Morgan fingerprint density at radius 3 is 2.59 bits per heavy atom. The van der Waals surface area contributed by atoms with Crippen LogP contribution in [0.4, 0.5) is 13.2 Å². The van der Waals surface area contributed by atoms with Gasteiger partial charge in [-0.3, -0.25) is 4.79 Å². The Hall–Kier alpha value is -1.72. The maximum Gasteiger partial charge on any atom is 0.416 e. The fraction of sp³-hybridized carbons (Fsp3) is 0.562. The topological polar surface area (TPSA) is 35.5 Å². The van der Waals surface area contributed by atoms with Crippen molar-refractivity contribution in [2.24, 2.45) is 11.8 Å². The third-order valence-electron chi connectivity index (χ3n) is 4.17. The quantitative estimate of drug-likeness (QED) is 0.770. The summed E-state index contributed by atoms with van der Waals surface area (Å²) in [6.45, 7) is 1.93. The monoisotopic (exact) mass is 316 g/mol.